The van der Waals surface area contributed by atoms with Crippen molar-refractivity contribution in [3.63, 3.8) is 0 Å². The third-order valence-electron chi connectivity index (χ3n) is 4.38. The van der Waals surface area contributed by atoms with Crippen molar-refractivity contribution in [1.82, 2.24) is 4.98 Å². The molecule has 120 valence electrons. The number of ether oxygens (including phenoxy) is 2. The number of nitriles is 1. The van der Waals surface area contributed by atoms with Gasteiger partial charge in [-0.2, -0.15) is 5.26 Å². The molecule has 0 saturated carbocycles. The Balaban J connectivity index is 2.12. The van der Waals surface area contributed by atoms with Crippen LogP contribution in [0.1, 0.15) is 25.3 Å². The first-order valence-electron chi connectivity index (χ1n) is 7.88. The van der Waals surface area contributed by atoms with Crippen molar-refractivity contribution in [3.05, 3.63) is 23.8 Å². The molecule has 5 heteroatoms. The summed E-state index contributed by atoms with van der Waals surface area (Å²) in [7, 11) is 3.21. The van der Waals surface area contributed by atoms with Crippen molar-refractivity contribution in [2.45, 2.75) is 19.8 Å². The van der Waals surface area contributed by atoms with Crippen LogP contribution in [0.25, 0.3) is 10.9 Å². The molecular formula is C18H21N3O2. The summed E-state index contributed by atoms with van der Waals surface area (Å²) in [5.41, 5.74) is 1.42. The van der Waals surface area contributed by atoms with E-state index in [1.165, 1.54) is 6.42 Å². The minimum atomic E-state index is 0.610. The van der Waals surface area contributed by atoms with E-state index in [9.17, 15) is 5.26 Å². The zero-order chi connectivity index (χ0) is 16.4. The van der Waals surface area contributed by atoms with E-state index in [0.717, 1.165) is 36.2 Å². The maximum absolute atomic E-state index is 9.53. The molecule has 2 heterocycles. The quantitative estimate of drug-likeness (QED) is 0.870. The normalized spacial score (nSPS) is 17.8. The topological polar surface area (TPSA) is 58.4 Å². The van der Waals surface area contributed by atoms with Gasteiger partial charge in [0.25, 0.3) is 0 Å². The third kappa shape index (κ3) is 2.89. The van der Waals surface area contributed by atoms with Crippen LogP contribution in [0, 0.1) is 17.2 Å². The first kappa shape index (κ1) is 15.4. The van der Waals surface area contributed by atoms with Crippen molar-refractivity contribution in [1.29, 1.82) is 5.26 Å². The highest BCUT2D eigenvalue weighted by atomic mass is 16.5. The summed E-state index contributed by atoms with van der Waals surface area (Å²) >= 11 is 0. The fourth-order valence-corrected chi connectivity index (χ4v) is 3.20. The van der Waals surface area contributed by atoms with Crippen molar-refractivity contribution in [3.8, 4) is 17.6 Å². The van der Waals surface area contributed by atoms with Gasteiger partial charge in [0.05, 0.1) is 25.3 Å². The zero-order valence-corrected chi connectivity index (χ0v) is 13.8. The maximum atomic E-state index is 9.53. The summed E-state index contributed by atoms with van der Waals surface area (Å²) in [5, 5.41) is 10.4. The molecule has 23 heavy (non-hydrogen) atoms. The van der Waals surface area contributed by atoms with Crippen LogP contribution in [-0.4, -0.2) is 32.3 Å². The molecule has 1 fully saturated rings. The predicted molar refractivity (Wildman–Crippen MR) is 90.2 cm³/mol. The number of benzene rings is 1. The van der Waals surface area contributed by atoms with Crippen LogP contribution in [0.15, 0.2) is 18.2 Å². The molecular weight excluding hydrogens is 290 g/mol. The minimum Gasteiger partial charge on any atom is -0.493 e. The third-order valence-corrected chi connectivity index (χ3v) is 4.38. The van der Waals surface area contributed by atoms with Crippen LogP contribution in [-0.2, 0) is 0 Å². The summed E-state index contributed by atoms with van der Waals surface area (Å²) in [4.78, 5) is 6.98. The number of pyridine rings is 1. The first-order valence-corrected chi connectivity index (χ1v) is 7.88. The molecule has 0 bridgehead atoms. The molecule has 1 aliphatic rings. The van der Waals surface area contributed by atoms with E-state index in [4.69, 9.17) is 14.5 Å². The number of aromatic nitrogens is 1. The molecule has 0 aliphatic carbocycles. The second-order valence-corrected chi connectivity index (χ2v) is 6.06. The molecule has 1 unspecified atom stereocenters. The number of nitrogens with zero attached hydrogens (tertiary/aromatic N) is 3. The van der Waals surface area contributed by atoms with Crippen LogP contribution in [0.2, 0.25) is 0 Å². The van der Waals surface area contributed by atoms with Crippen LogP contribution < -0.4 is 14.4 Å². The average molecular weight is 311 g/mol. The Kier molecular flexibility index (Phi) is 4.24. The highest BCUT2D eigenvalue weighted by Crippen LogP contribution is 2.34. The molecule has 0 amide bonds. The van der Waals surface area contributed by atoms with Crippen LogP contribution in [0.4, 0.5) is 5.82 Å². The molecule has 2 aromatic rings. The van der Waals surface area contributed by atoms with E-state index in [2.05, 4.69) is 17.9 Å². The summed E-state index contributed by atoms with van der Waals surface area (Å²) < 4.78 is 10.7. The lowest BCUT2D eigenvalue weighted by molar-refractivity contribution is 0.356. The Hall–Kier alpha value is -2.48. The second kappa shape index (κ2) is 6.33. The number of hydrogen-bond donors (Lipinski definition) is 0. The summed E-state index contributed by atoms with van der Waals surface area (Å²) in [5.74, 6) is 2.69. The number of anilines is 1. The smallest absolute Gasteiger partial charge is 0.162 e. The molecule has 1 aromatic heterocycles. The van der Waals surface area contributed by atoms with Crippen molar-refractivity contribution in [2.24, 2.45) is 5.92 Å². The maximum Gasteiger partial charge on any atom is 0.162 e. The van der Waals surface area contributed by atoms with Crippen LogP contribution in [0.5, 0.6) is 11.5 Å². The van der Waals surface area contributed by atoms with Gasteiger partial charge in [0.1, 0.15) is 11.9 Å². The Morgan fingerprint density at radius 2 is 1.96 bits per heavy atom. The fourth-order valence-electron chi connectivity index (χ4n) is 3.20. The molecule has 1 aromatic carbocycles. The Labute approximate surface area is 136 Å². The summed E-state index contributed by atoms with van der Waals surface area (Å²) in [6.45, 7) is 4.14. The highest BCUT2D eigenvalue weighted by molar-refractivity contribution is 5.86. The lowest BCUT2D eigenvalue weighted by Crippen LogP contribution is -2.35. The van der Waals surface area contributed by atoms with Gasteiger partial charge in [-0.05, 0) is 30.9 Å². The van der Waals surface area contributed by atoms with Crippen molar-refractivity contribution >= 4 is 16.7 Å². The Bertz CT molecular complexity index is 767. The Morgan fingerprint density at radius 1 is 1.22 bits per heavy atom. The van der Waals surface area contributed by atoms with E-state index < -0.39 is 0 Å². The van der Waals surface area contributed by atoms with Gasteiger partial charge < -0.3 is 14.4 Å². The van der Waals surface area contributed by atoms with E-state index >= 15 is 0 Å². The standard InChI is InChI=1S/C18H21N3O2/c1-12-5-4-6-21(11-12)18-14(10-19)7-13-8-16(22-2)17(23-3)9-15(13)20-18/h7-9,12H,4-6,11H2,1-3H3. The van der Waals surface area contributed by atoms with Gasteiger partial charge in [-0.15, -0.1) is 0 Å². The number of hydrogen-bond acceptors (Lipinski definition) is 5. The van der Waals surface area contributed by atoms with Gasteiger partial charge in [0.15, 0.2) is 11.5 Å². The van der Waals surface area contributed by atoms with Crippen LogP contribution in [0.3, 0.4) is 0 Å². The minimum absolute atomic E-state index is 0.610. The molecule has 5 nitrogen and oxygen atoms in total. The zero-order valence-electron chi connectivity index (χ0n) is 13.8. The summed E-state index contributed by atoms with van der Waals surface area (Å²) in [6.07, 6.45) is 2.37. The molecule has 0 radical (unpaired) electrons. The highest BCUT2D eigenvalue weighted by Gasteiger charge is 2.21. The molecule has 1 atom stereocenters. The molecule has 0 spiro atoms. The number of methoxy groups -OCH3 is 2. The lowest BCUT2D eigenvalue weighted by Gasteiger charge is -2.32. The Morgan fingerprint density at radius 3 is 2.61 bits per heavy atom. The number of rotatable bonds is 3. The van der Waals surface area contributed by atoms with E-state index in [1.807, 2.05) is 18.2 Å². The largest absolute Gasteiger partial charge is 0.493 e. The molecule has 3 rings (SSSR count). The van der Waals surface area contributed by atoms with Gasteiger partial charge in [0.2, 0.25) is 0 Å². The lowest BCUT2D eigenvalue weighted by atomic mass is 9.99. The summed E-state index contributed by atoms with van der Waals surface area (Å²) in [6, 6.07) is 7.91. The van der Waals surface area contributed by atoms with Gasteiger partial charge in [0, 0.05) is 24.5 Å². The van der Waals surface area contributed by atoms with E-state index in [1.54, 1.807) is 14.2 Å². The van der Waals surface area contributed by atoms with E-state index in [0.29, 0.717) is 23.0 Å². The van der Waals surface area contributed by atoms with Gasteiger partial charge in [-0.1, -0.05) is 6.92 Å². The first-order chi connectivity index (χ1) is 11.2. The number of piperidine rings is 1. The predicted octanol–water partition coefficient (Wildman–Crippen LogP) is 3.36. The van der Waals surface area contributed by atoms with Crippen molar-refractivity contribution < 1.29 is 9.47 Å². The average Bonchev–Trinajstić information content (AvgIpc) is 2.59. The molecule has 0 N–H and O–H groups in total. The fraction of sp³-hybridized carbons (Fsp3) is 0.444. The number of fused-ring (bicyclic) bond motifs is 1. The molecule has 1 aliphatic heterocycles. The monoisotopic (exact) mass is 311 g/mol. The van der Waals surface area contributed by atoms with Crippen molar-refractivity contribution in [2.75, 3.05) is 32.2 Å². The van der Waals surface area contributed by atoms with E-state index in [-0.39, 0.29) is 0 Å². The van der Waals surface area contributed by atoms with Gasteiger partial charge in [-0.3, -0.25) is 0 Å². The SMILES string of the molecule is COc1cc2cc(C#N)c(N3CCCC(C)C3)nc2cc1OC. The molecule has 1 saturated heterocycles. The second-order valence-electron chi connectivity index (χ2n) is 6.06. The van der Waals surface area contributed by atoms with Gasteiger partial charge in [-0.25, -0.2) is 4.98 Å². The van der Waals surface area contributed by atoms with Crippen LogP contribution >= 0.6 is 0 Å². The van der Waals surface area contributed by atoms with Gasteiger partial charge >= 0.3 is 0 Å².